The van der Waals surface area contributed by atoms with Gasteiger partial charge in [0.1, 0.15) is 0 Å². The molecule has 0 radical (unpaired) electrons. The van der Waals surface area contributed by atoms with Gasteiger partial charge in [0.25, 0.3) is 0 Å². The van der Waals surface area contributed by atoms with Crippen molar-refractivity contribution in [1.82, 2.24) is 15.1 Å². The van der Waals surface area contributed by atoms with Crippen molar-refractivity contribution in [2.45, 2.75) is 39.3 Å². The van der Waals surface area contributed by atoms with Gasteiger partial charge in [-0.1, -0.05) is 53.1 Å². The van der Waals surface area contributed by atoms with Gasteiger partial charge in [-0.3, -0.25) is 4.90 Å². The molecule has 4 nitrogen and oxygen atoms in total. The van der Waals surface area contributed by atoms with Crippen molar-refractivity contribution in [3.05, 3.63) is 70.1 Å². The third-order valence-corrected chi connectivity index (χ3v) is 5.23. The zero-order valence-corrected chi connectivity index (χ0v) is 15.8. The summed E-state index contributed by atoms with van der Waals surface area (Å²) in [5.74, 6) is 1.11. The van der Waals surface area contributed by atoms with E-state index >= 15 is 0 Å². The van der Waals surface area contributed by atoms with Crippen molar-refractivity contribution in [2.75, 3.05) is 6.54 Å². The van der Waals surface area contributed by atoms with Gasteiger partial charge in [-0.2, -0.15) is 0 Å². The van der Waals surface area contributed by atoms with E-state index in [1.165, 1.54) is 23.1 Å². The molecular weight excluding hydrogens is 346 g/mol. The van der Waals surface area contributed by atoms with Crippen LogP contribution in [0.15, 0.2) is 46.9 Å². The quantitative estimate of drug-likeness (QED) is 0.623. The fraction of sp³-hybridized carbons (Fsp3) is 0.333. The van der Waals surface area contributed by atoms with Gasteiger partial charge in [0.15, 0.2) is 0 Å². The second-order valence-corrected chi connectivity index (χ2v) is 7.44. The van der Waals surface area contributed by atoms with Crippen LogP contribution in [0.1, 0.15) is 41.5 Å². The molecule has 1 saturated heterocycles. The molecule has 0 N–H and O–H groups in total. The minimum absolute atomic E-state index is 0.407. The summed E-state index contributed by atoms with van der Waals surface area (Å²) in [5, 5.41) is 9.05. The summed E-state index contributed by atoms with van der Waals surface area (Å²) < 4.78 is 5.90. The van der Waals surface area contributed by atoms with E-state index in [1.54, 1.807) is 0 Å². The average Bonchev–Trinajstić information content (AvgIpc) is 3.24. The second kappa shape index (κ2) is 7.22. The molecule has 26 heavy (non-hydrogen) atoms. The van der Waals surface area contributed by atoms with Crippen LogP contribution in [0.25, 0.3) is 11.5 Å². The van der Waals surface area contributed by atoms with Crippen LogP contribution in [0.5, 0.6) is 0 Å². The summed E-state index contributed by atoms with van der Waals surface area (Å²) in [6.45, 7) is 6.02. The van der Waals surface area contributed by atoms with Crippen molar-refractivity contribution in [3.8, 4) is 11.5 Å². The highest BCUT2D eigenvalue weighted by molar-refractivity contribution is 6.33. The molecule has 0 amide bonds. The highest BCUT2D eigenvalue weighted by Gasteiger charge is 2.28. The molecule has 4 rings (SSSR count). The molecule has 0 bridgehead atoms. The monoisotopic (exact) mass is 367 g/mol. The standard InChI is InChI=1S/C21H22ClN3O/c1-14-10-15(2)12-16(11-14)19-8-5-9-25(19)13-20-23-24-21(26-20)17-6-3-4-7-18(17)22/h3-4,6-7,10-12,19H,5,8-9,13H2,1-2H3. The molecule has 3 aromatic rings. The molecule has 2 aromatic carbocycles. The molecule has 0 spiro atoms. The van der Waals surface area contributed by atoms with Gasteiger partial charge in [0, 0.05) is 6.04 Å². The van der Waals surface area contributed by atoms with Crippen LogP contribution in [0.3, 0.4) is 0 Å². The maximum absolute atomic E-state index is 6.23. The average molecular weight is 368 g/mol. The van der Waals surface area contributed by atoms with Crippen molar-refractivity contribution in [3.63, 3.8) is 0 Å². The Hall–Kier alpha value is -2.17. The first kappa shape index (κ1) is 17.3. The van der Waals surface area contributed by atoms with Crippen LogP contribution in [0.4, 0.5) is 0 Å². The van der Waals surface area contributed by atoms with Gasteiger partial charge in [-0.05, 0) is 50.9 Å². The number of nitrogens with zero attached hydrogens (tertiary/aromatic N) is 3. The molecule has 1 fully saturated rings. The Morgan fingerprint density at radius 2 is 1.88 bits per heavy atom. The number of hydrogen-bond donors (Lipinski definition) is 0. The largest absolute Gasteiger partial charge is 0.419 e. The molecule has 1 aliphatic rings. The van der Waals surface area contributed by atoms with Gasteiger partial charge in [-0.15, -0.1) is 10.2 Å². The Bertz CT molecular complexity index is 901. The molecular formula is C21H22ClN3O. The van der Waals surface area contributed by atoms with E-state index in [1.807, 2.05) is 24.3 Å². The molecule has 2 heterocycles. The molecule has 1 unspecified atom stereocenters. The lowest BCUT2D eigenvalue weighted by Gasteiger charge is -2.24. The summed E-state index contributed by atoms with van der Waals surface area (Å²) in [6.07, 6.45) is 2.34. The first-order valence-corrected chi connectivity index (χ1v) is 9.37. The highest BCUT2D eigenvalue weighted by Crippen LogP contribution is 2.34. The Morgan fingerprint density at radius 1 is 1.12 bits per heavy atom. The van der Waals surface area contributed by atoms with Crippen LogP contribution in [0.2, 0.25) is 5.02 Å². The van der Waals surface area contributed by atoms with E-state index in [9.17, 15) is 0 Å². The summed E-state index contributed by atoms with van der Waals surface area (Å²) in [6, 6.07) is 14.7. The molecule has 0 aliphatic carbocycles. The summed E-state index contributed by atoms with van der Waals surface area (Å²) in [4.78, 5) is 2.43. The van der Waals surface area contributed by atoms with Crippen LogP contribution >= 0.6 is 11.6 Å². The van der Waals surface area contributed by atoms with E-state index in [2.05, 4.69) is 47.1 Å². The summed E-state index contributed by atoms with van der Waals surface area (Å²) in [7, 11) is 0. The summed E-state index contributed by atoms with van der Waals surface area (Å²) in [5.41, 5.74) is 4.78. The normalized spacial score (nSPS) is 17.7. The third-order valence-electron chi connectivity index (χ3n) is 4.90. The predicted molar refractivity (Wildman–Crippen MR) is 103 cm³/mol. The predicted octanol–water partition coefficient (Wildman–Crippen LogP) is 5.34. The van der Waals surface area contributed by atoms with E-state index in [4.69, 9.17) is 16.0 Å². The molecule has 1 atom stereocenters. The van der Waals surface area contributed by atoms with E-state index < -0.39 is 0 Å². The van der Waals surface area contributed by atoms with Gasteiger partial charge >= 0.3 is 0 Å². The van der Waals surface area contributed by atoms with E-state index in [0.717, 1.165) is 18.5 Å². The van der Waals surface area contributed by atoms with E-state index in [-0.39, 0.29) is 0 Å². The second-order valence-electron chi connectivity index (χ2n) is 7.03. The van der Waals surface area contributed by atoms with Crippen LogP contribution in [-0.2, 0) is 6.54 Å². The lowest BCUT2D eigenvalue weighted by Crippen LogP contribution is -2.23. The molecule has 134 valence electrons. The van der Waals surface area contributed by atoms with Gasteiger partial charge < -0.3 is 4.42 Å². The van der Waals surface area contributed by atoms with Gasteiger partial charge in [-0.25, -0.2) is 0 Å². The number of rotatable bonds is 4. The molecule has 5 heteroatoms. The van der Waals surface area contributed by atoms with Crippen molar-refractivity contribution in [1.29, 1.82) is 0 Å². The third kappa shape index (κ3) is 3.53. The van der Waals surface area contributed by atoms with Crippen molar-refractivity contribution in [2.24, 2.45) is 0 Å². The zero-order chi connectivity index (χ0) is 18.1. The fourth-order valence-electron chi connectivity index (χ4n) is 3.83. The van der Waals surface area contributed by atoms with E-state index in [0.29, 0.717) is 29.4 Å². The summed E-state index contributed by atoms with van der Waals surface area (Å²) >= 11 is 6.23. The Morgan fingerprint density at radius 3 is 2.65 bits per heavy atom. The Labute approximate surface area is 158 Å². The van der Waals surface area contributed by atoms with Crippen molar-refractivity contribution >= 4 is 11.6 Å². The van der Waals surface area contributed by atoms with Crippen molar-refractivity contribution < 1.29 is 4.42 Å². The lowest BCUT2D eigenvalue weighted by molar-refractivity contribution is 0.224. The minimum atomic E-state index is 0.407. The smallest absolute Gasteiger partial charge is 0.249 e. The maximum atomic E-state index is 6.23. The van der Waals surface area contributed by atoms with Gasteiger partial charge in [0.05, 0.1) is 17.1 Å². The molecule has 1 aliphatic heterocycles. The first-order valence-electron chi connectivity index (χ1n) is 8.99. The highest BCUT2D eigenvalue weighted by atomic mass is 35.5. The SMILES string of the molecule is Cc1cc(C)cc(C2CCCN2Cc2nnc(-c3ccccc3Cl)o2)c1. The molecule has 1 aromatic heterocycles. The van der Waals surface area contributed by atoms with Crippen LogP contribution in [0, 0.1) is 13.8 Å². The number of hydrogen-bond acceptors (Lipinski definition) is 4. The number of likely N-dealkylation sites (tertiary alicyclic amines) is 1. The number of benzene rings is 2. The number of aryl methyl sites for hydroxylation is 2. The fourth-order valence-corrected chi connectivity index (χ4v) is 4.05. The minimum Gasteiger partial charge on any atom is -0.419 e. The Balaban J connectivity index is 1.54. The van der Waals surface area contributed by atoms with Gasteiger partial charge in [0.2, 0.25) is 11.8 Å². The first-order chi connectivity index (χ1) is 12.6. The van der Waals surface area contributed by atoms with Crippen LogP contribution in [-0.4, -0.2) is 21.6 Å². The molecule has 0 saturated carbocycles. The lowest BCUT2D eigenvalue weighted by atomic mass is 9.99. The Kier molecular flexibility index (Phi) is 4.79. The zero-order valence-electron chi connectivity index (χ0n) is 15.1. The maximum Gasteiger partial charge on any atom is 0.249 e. The topological polar surface area (TPSA) is 42.2 Å². The van der Waals surface area contributed by atoms with Crippen LogP contribution < -0.4 is 0 Å². The number of halogens is 1. The number of aromatic nitrogens is 2.